The van der Waals surface area contributed by atoms with E-state index in [0.29, 0.717) is 0 Å². The molecule has 0 saturated carbocycles. The summed E-state index contributed by atoms with van der Waals surface area (Å²) >= 11 is 0. The van der Waals surface area contributed by atoms with Crippen LogP contribution in [-0.4, -0.2) is 13.3 Å². The van der Waals surface area contributed by atoms with Crippen molar-refractivity contribution in [3.63, 3.8) is 0 Å². The first kappa shape index (κ1) is 20.7. The van der Waals surface area contributed by atoms with Gasteiger partial charge in [-0.3, -0.25) is 6.08 Å². The van der Waals surface area contributed by atoms with Crippen LogP contribution in [0.2, 0.25) is 0 Å². The van der Waals surface area contributed by atoms with Crippen LogP contribution in [0.5, 0.6) is 0 Å². The Labute approximate surface area is 162 Å². The summed E-state index contributed by atoms with van der Waals surface area (Å²) in [5.74, 6) is 0. The maximum absolute atomic E-state index is 3.37. The van der Waals surface area contributed by atoms with Crippen LogP contribution in [0.4, 0.5) is 0 Å². The normalized spacial score (nSPS) is 13.3. The van der Waals surface area contributed by atoms with E-state index in [1.54, 1.807) is 0 Å². The van der Waals surface area contributed by atoms with Crippen molar-refractivity contribution in [1.82, 2.24) is 0 Å². The molecule has 1 aliphatic rings. The Bertz CT molecular complexity index is 628. The first-order valence-corrected chi connectivity index (χ1v) is 10.4. The molecule has 0 unspecified atom stereocenters. The zero-order chi connectivity index (χ0) is 15.9. The van der Waals surface area contributed by atoms with E-state index in [2.05, 4.69) is 75.7 Å². The monoisotopic (exact) mass is 400 g/mol. The molecule has 0 heterocycles. The Balaban J connectivity index is 0.000000224. The summed E-state index contributed by atoms with van der Waals surface area (Å²) in [5.41, 5.74) is 2.91. The minimum atomic E-state index is 0. The number of benzene rings is 1. The Kier molecular flexibility index (Phi) is 9.42. The third-order valence-corrected chi connectivity index (χ3v) is 5.39. The van der Waals surface area contributed by atoms with E-state index in [0.717, 1.165) is 6.42 Å². The van der Waals surface area contributed by atoms with Crippen molar-refractivity contribution < 1.29 is 26.2 Å². The molecule has 2 heteroatoms. The van der Waals surface area contributed by atoms with Gasteiger partial charge in [-0.1, -0.05) is 32.3 Å². The quantitative estimate of drug-likeness (QED) is 0.424. The molecule has 2 aromatic rings. The zero-order valence-corrected chi connectivity index (χ0v) is 18.2. The van der Waals surface area contributed by atoms with E-state index in [1.807, 2.05) is 0 Å². The van der Waals surface area contributed by atoms with Crippen LogP contribution in [0.1, 0.15) is 39.5 Å². The summed E-state index contributed by atoms with van der Waals surface area (Å²) in [6.45, 7) is 9.01. The summed E-state index contributed by atoms with van der Waals surface area (Å²) in [7, 11) is 0.0576. The largest absolute Gasteiger partial charge is 2.00 e. The van der Waals surface area contributed by atoms with E-state index in [4.69, 9.17) is 0 Å². The van der Waals surface area contributed by atoms with Gasteiger partial charge in [0.2, 0.25) is 0 Å². The Morgan fingerprint density at radius 3 is 2.52 bits per heavy atom. The van der Waals surface area contributed by atoms with Gasteiger partial charge >= 0.3 is 26.2 Å². The molecule has 0 saturated heterocycles. The number of fused-ring (bicyclic) bond motifs is 1. The van der Waals surface area contributed by atoms with Gasteiger partial charge in [-0.25, -0.2) is 11.1 Å². The maximum Gasteiger partial charge on any atom is 2.00 e. The van der Waals surface area contributed by atoms with Crippen molar-refractivity contribution in [1.29, 1.82) is 0 Å². The second-order valence-corrected chi connectivity index (χ2v) is 8.39. The third kappa shape index (κ3) is 6.21. The first-order valence-electron chi connectivity index (χ1n) is 8.21. The minimum Gasteiger partial charge on any atom is -0.269 e. The van der Waals surface area contributed by atoms with Crippen LogP contribution in [0.3, 0.4) is 0 Å². The Hall–Kier alpha value is -0.377. The molecule has 0 radical (unpaired) electrons. The van der Waals surface area contributed by atoms with Gasteiger partial charge in [0, 0.05) is 0 Å². The van der Waals surface area contributed by atoms with Crippen LogP contribution in [0.15, 0.2) is 53.6 Å². The SMILES string of the molecule is CCCCC1=[C-]CC=C1C.CP(C)c1cc2ccccc2[cH-]1.[Zr+2]. The molecular weight excluding hydrogens is 374 g/mol. The van der Waals surface area contributed by atoms with Gasteiger partial charge in [0.05, 0.1) is 0 Å². The van der Waals surface area contributed by atoms with E-state index >= 15 is 0 Å². The van der Waals surface area contributed by atoms with Gasteiger partial charge in [-0.05, 0) is 13.3 Å². The van der Waals surface area contributed by atoms with Crippen molar-refractivity contribution in [2.45, 2.75) is 39.5 Å². The van der Waals surface area contributed by atoms with E-state index in [-0.39, 0.29) is 34.1 Å². The second kappa shape index (κ2) is 10.5. The van der Waals surface area contributed by atoms with Crippen molar-refractivity contribution in [3.8, 4) is 0 Å². The average Bonchev–Trinajstić information content (AvgIpc) is 3.11. The van der Waals surface area contributed by atoms with Crippen molar-refractivity contribution in [2.75, 3.05) is 13.3 Å². The van der Waals surface area contributed by atoms with E-state index in [9.17, 15) is 0 Å². The van der Waals surface area contributed by atoms with Crippen molar-refractivity contribution in [3.05, 3.63) is 59.7 Å². The summed E-state index contributed by atoms with van der Waals surface area (Å²) in [5, 5.41) is 4.26. The zero-order valence-electron chi connectivity index (χ0n) is 14.8. The van der Waals surface area contributed by atoms with E-state index < -0.39 is 0 Å². The van der Waals surface area contributed by atoms with Gasteiger partial charge in [0.1, 0.15) is 0 Å². The fourth-order valence-corrected chi connectivity index (χ4v) is 3.42. The minimum absolute atomic E-state index is 0. The van der Waals surface area contributed by atoms with Crippen molar-refractivity contribution >= 4 is 24.0 Å². The van der Waals surface area contributed by atoms with Crippen LogP contribution in [0, 0.1) is 6.08 Å². The standard InChI is InChI=1S/C11H12P.C10H15.Zr/c1-12(2)11-7-9-5-3-4-6-10(9)8-11;1-3-4-7-10-8-5-6-9(10)2;/h3-8H,1-2H3;6H,3-5,7H2,1-2H3;/q2*-1;+2. The molecule has 0 spiro atoms. The van der Waals surface area contributed by atoms with Crippen LogP contribution < -0.4 is 5.30 Å². The summed E-state index contributed by atoms with van der Waals surface area (Å²) in [4.78, 5) is 0. The molecule has 23 heavy (non-hydrogen) atoms. The molecule has 2 aromatic carbocycles. The number of hydrogen-bond donors (Lipinski definition) is 0. The predicted molar refractivity (Wildman–Crippen MR) is 103 cm³/mol. The number of hydrogen-bond acceptors (Lipinski definition) is 0. The molecule has 0 aromatic heterocycles. The molecule has 0 nitrogen and oxygen atoms in total. The topological polar surface area (TPSA) is 0 Å². The molecule has 3 rings (SSSR count). The molecule has 0 aliphatic heterocycles. The van der Waals surface area contributed by atoms with Crippen molar-refractivity contribution in [2.24, 2.45) is 0 Å². The number of allylic oxidation sites excluding steroid dienone is 4. The molecule has 0 atom stereocenters. The molecule has 0 fully saturated rings. The van der Waals surface area contributed by atoms with Crippen LogP contribution >= 0.6 is 7.92 Å². The van der Waals surface area contributed by atoms with Crippen LogP contribution in [0.25, 0.3) is 10.8 Å². The molecule has 120 valence electrons. The average molecular weight is 402 g/mol. The Morgan fingerprint density at radius 1 is 1.22 bits per heavy atom. The summed E-state index contributed by atoms with van der Waals surface area (Å²) < 4.78 is 0. The fourth-order valence-electron chi connectivity index (χ4n) is 2.62. The smallest absolute Gasteiger partial charge is 0.269 e. The van der Waals surface area contributed by atoms with Gasteiger partial charge in [-0.15, -0.1) is 61.6 Å². The molecule has 0 bridgehead atoms. The second-order valence-electron chi connectivity index (χ2n) is 6.09. The molecule has 0 amide bonds. The van der Waals surface area contributed by atoms with Gasteiger partial charge in [0.15, 0.2) is 0 Å². The summed E-state index contributed by atoms with van der Waals surface area (Å²) in [6, 6.07) is 13.2. The van der Waals surface area contributed by atoms with Gasteiger partial charge in [0.25, 0.3) is 0 Å². The maximum atomic E-state index is 3.37. The number of unbranched alkanes of at least 4 members (excludes halogenated alkanes) is 1. The van der Waals surface area contributed by atoms with Crippen LogP contribution in [-0.2, 0) is 26.2 Å². The first-order chi connectivity index (χ1) is 10.6. The summed E-state index contributed by atoms with van der Waals surface area (Å²) in [6.07, 6.45) is 10.5. The fraction of sp³-hybridized carbons (Fsp3) is 0.381. The number of rotatable bonds is 4. The van der Waals surface area contributed by atoms with Gasteiger partial charge < -0.3 is 0 Å². The predicted octanol–water partition coefficient (Wildman–Crippen LogP) is 6.18. The molecular formula is C21H27PZr. The molecule has 1 aliphatic carbocycles. The van der Waals surface area contributed by atoms with E-state index in [1.165, 1.54) is 46.5 Å². The Morgan fingerprint density at radius 2 is 1.96 bits per heavy atom. The third-order valence-electron chi connectivity index (χ3n) is 4.10. The van der Waals surface area contributed by atoms with Gasteiger partial charge in [-0.2, -0.15) is 12.1 Å². The molecule has 0 N–H and O–H groups in total.